The first-order valence-corrected chi connectivity index (χ1v) is 5.30. The highest BCUT2D eigenvalue weighted by Crippen LogP contribution is 2.09. The van der Waals surface area contributed by atoms with Gasteiger partial charge in [0.15, 0.2) is 6.29 Å². The average Bonchev–Trinajstić information content (AvgIpc) is 2.33. The van der Waals surface area contributed by atoms with Gasteiger partial charge < -0.3 is 0 Å². The zero-order valence-electron chi connectivity index (χ0n) is 4.85. The minimum Gasteiger partial charge on any atom is -0.297 e. The minimum atomic E-state index is -2.18. The number of allylic oxidation sites excluding steroid dienone is 3. The smallest absolute Gasteiger partial charge is 0.249 e. The van der Waals surface area contributed by atoms with E-state index in [-0.39, 0.29) is 0 Å². The monoisotopic (exact) mass is 176 g/mol. The second kappa shape index (κ2) is 2.94. The average molecular weight is 176 g/mol. The number of carbonyl (C=O) groups is 1. The van der Waals surface area contributed by atoms with Gasteiger partial charge >= 0.3 is 0 Å². The van der Waals surface area contributed by atoms with E-state index >= 15 is 0 Å². The lowest BCUT2D eigenvalue weighted by atomic mass is 10.5. The molecule has 1 atom stereocenters. The van der Waals surface area contributed by atoms with E-state index < -0.39 is 18.7 Å². The van der Waals surface area contributed by atoms with Gasteiger partial charge in [-0.15, -0.1) is 0 Å². The van der Waals surface area contributed by atoms with Crippen LogP contribution in [0.2, 0.25) is 0 Å². The van der Waals surface area contributed by atoms with Crippen molar-refractivity contribution in [3.8, 4) is 0 Å². The van der Waals surface area contributed by atoms with Gasteiger partial charge in [-0.2, -0.15) is 8.42 Å². The van der Waals surface area contributed by atoms with Gasteiger partial charge in [-0.1, -0.05) is 6.08 Å². The third-order valence-electron chi connectivity index (χ3n) is 0.958. The molecular formula is C5H4O3S2. The van der Waals surface area contributed by atoms with Gasteiger partial charge in [-0.25, -0.2) is 0 Å². The molecule has 0 N–H and O–H groups in total. The Morgan fingerprint density at radius 1 is 1.50 bits per heavy atom. The summed E-state index contributed by atoms with van der Waals surface area (Å²) in [6.07, 6.45) is 3.65. The number of hydrogen-bond donors (Lipinski definition) is 0. The summed E-state index contributed by atoms with van der Waals surface area (Å²) in [5.74, 6) is 0. The van der Waals surface area contributed by atoms with Crippen molar-refractivity contribution in [2.45, 2.75) is 0 Å². The van der Waals surface area contributed by atoms with Crippen molar-refractivity contribution in [1.82, 2.24) is 0 Å². The van der Waals surface area contributed by atoms with Crippen LogP contribution in [0.5, 0.6) is 0 Å². The van der Waals surface area contributed by atoms with Crippen molar-refractivity contribution >= 4 is 25.0 Å². The summed E-state index contributed by atoms with van der Waals surface area (Å²) in [5, 5.41) is 1.49. The standard InChI is InChI=1S/C5H4O3S2/c6-4-5-2-1-3-9(5)10(7)8/h1-4H. The Balaban J connectivity index is 3.29. The topological polar surface area (TPSA) is 51.2 Å². The van der Waals surface area contributed by atoms with E-state index in [1.165, 1.54) is 11.5 Å². The Labute approximate surface area is 61.2 Å². The third-order valence-corrected chi connectivity index (χ3v) is 4.14. The largest absolute Gasteiger partial charge is 0.297 e. The Bertz CT molecular complexity index is 337. The van der Waals surface area contributed by atoms with Gasteiger partial charge in [0, 0.05) is 0 Å². The van der Waals surface area contributed by atoms with Crippen LogP contribution in [-0.4, -0.2) is 14.7 Å². The SMILES string of the molecule is O=CC1=CC=CS1=S(=O)=O. The predicted octanol–water partition coefficient (Wildman–Crippen LogP) is 0.00890. The summed E-state index contributed by atoms with van der Waals surface area (Å²) in [7, 11) is -3.17. The first-order valence-electron chi connectivity index (χ1n) is 2.42. The van der Waals surface area contributed by atoms with E-state index in [9.17, 15) is 13.2 Å². The number of rotatable bonds is 1. The molecule has 0 radical (unpaired) electrons. The lowest BCUT2D eigenvalue weighted by Gasteiger charge is -1.85. The van der Waals surface area contributed by atoms with Crippen LogP contribution in [0.15, 0.2) is 22.5 Å². The quantitative estimate of drug-likeness (QED) is 0.529. The van der Waals surface area contributed by atoms with Crippen molar-refractivity contribution in [3.05, 3.63) is 22.5 Å². The molecule has 1 unspecified atom stereocenters. The highest BCUT2D eigenvalue weighted by Gasteiger charge is 2.05. The van der Waals surface area contributed by atoms with Crippen molar-refractivity contribution in [2.75, 3.05) is 0 Å². The fourth-order valence-corrected chi connectivity index (χ4v) is 2.72. The van der Waals surface area contributed by atoms with Crippen molar-refractivity contribution in [3.63, 3.8) is 0 Å². The van der Waals surface area contributed by atoms with E-state index in [0.717, 1.165) is 0 Å². The molecule has 5 heteroatoms. The Kier molecular flexibility index (Phi) is 2.18. The molecule has 0 fully saturated rings. The number of aldehydes is 1. The lowest BCUT2D eigenvalue weighted by molar-refractivity contribution is -0.104. The molecule has 0 aromatic carbocycles. The third kappa shape index (κ3) is 1.25. The normalized spacial score (nSPS) is 22.4. The molecule has 0 saturated heterocycles. The van der Waals surface area contributed by atoms with Crippen LogP contribution in [0.1, 0.15) is 0 Å². The molecule has 1 rings (SSSR count). The van der Waals surface area contributed by atoms with E-state index in [2.05, 4.69) is 0 Å². The summed E-state index contributed by atoms with van der Waals surface area (Å²) in [6.45, 7) is 0. The van der Waals surface area contributed by atoms with E-state index in [4.69, 9.17) is 0 Å². The summed E-state index contributed by atoms with van der Waals surface area (Å²) < 4.78 is 20.7. The Hall–Kier alpha value is -0.680. The van der Waals surface area contributed by atoms with Gasteiger partial charge in [-0.05, 0) is 20.9 Å². The van der Waals surface area contributed by atoms with Crippen molar-refractivity contribution in [2.24, 2.45) is 0 Å². The maximum Gasteiger partial charge on any atom is 0.249 e. The zero-order valence-corrected chi connectivity index (χ0v) is 6.48. The molecule has 1 aliphatic heterocycles. The summed E-state index contributed by atoms with van der Waals surface area (Å²) in [6, 6.07) is 0. The predicted molar refractivity (Wildman–Crippen MR) is 39.6 cm³/mol. The fourth-order valence-electron chi connectivity index (χ4n) is 0.562. The Morgan fingerprint density at radius 3 is 2.60 bits per heavy atom. The molecule has 0 bridgehead atoms. The van der Waals surface area contributed by atoms with Gasteiger partial charge in [0.25, 0.3) is 0 Å². The molecule has 1 aliphatic rings. The molecule has 0 aromatic heterocycles. The van der Waals surface area contributed by atoms with Gasteiger partial charge in [-0.3, -0.25) is 4.79 Å². The summed E-state index contributed by atoms with van der Waals surface area (Å²) >= 11 is 0. The minimum absolute atomic E-state index is 0.327. The van der Waals surface area contributed by atoms with Gasteiger partial charge in [0.2, 0.25) is 9.26 Å². The molecule has 54 valence electrons. The highest BCUT2D eigenvalue weighted by atomic mass is 32.9. The van der Waals surface area contributed by atoms with Crippen LogP contribution in [0.25, 0.3) is 0 Å². The first kappa shape index (κ1) is 7.43. The van der Waals surface area contributed by atoms with Crippen LogP contribution in [0.3, 0.4) is 0 Å². The molecule has 3 nitrogen and oxygen atoms in total. The molecule has 0 aromatic rings. The highest BCUT2D eigenvalue weighted by molar-refractivity contribution is 8.37. The molecule has 0 spiro atoms. The second-order valence-corrected chi connectivity index (χ2v) is 5.16. The Morgan fingerprint density at radius 2 is 2.20 bits per heavy atom. The lowest BCUT2D eigenvalue weighted by Crippen LogP contribution is -1.88. The fraction of sp³-hybridized carbons (Fsp3) is 0. The van der Waals surface area contributed by atoms with Crippen LogP contribution in [-0.2, 0) is 23.5 Å². The molecular weight excluding hydrogens is 172 g/mol. The molecule has 0 amide bonds. The first-order chi connectivity index (χ1) is 4.75. The molecule has 1 heterocycles. The maximum absolute atomic E-state index is 10.3. The van der Waals surface area contributed by atoms with Crippen LogP contribution in [0.4, 0.5) is 0 Å². The number of carbonyl (C=O) groups excluding carboxylic acids is 1. The van der Waals surface area contributed by atoms with Crippen LogP contribution < -0.4 is 0 Å². The zero-order chi connectivity index (χ0) is 7.56. The second-order valence-electron chi connectivity index (χ2n) is 1.52. The van der Waals surface area contributed by atoms with E-state index in [1.807, 2.05) is 0 Å². The van der Waals surface area contributed by atoms with Crippen LogP contribution in [0, 0.1) is 0 Å². The van der Waals surface area contributed by atoms with E-state index in [1.54, 1.807) is 6.08 Å². The molecule has 10 heavy (non-hydrogen) atoms. The summed E-state index contributed by atoms with van der Waals surface area (Å²) in [5.41, 5.74) is 0. The number of hydrogen-bond acceptors (Lipinski definition) is 3. The van der Waals surface area contributed by atoms with E-state index in [0.29, 0.717) is 11.2 Å². The molecule has 0 saturated carbocycles. The van der Waals surface area contributed by atoms with Gasteiger partial charge in [0.05, 0.1) is 4.91 Å². The van der Waals surface area contributed by atoms with Crippen LogP contribution >= 0.6 is 0 Å². The maximum atomic E-state index is 10.3. The molecule has 0 aliphatic carbocycles. The van der Waals surface area contributed by atoms with Crippen molar-refractivity contribution < 1.29 is 13.2 Å². The summed E-state index contributed by atoms with van der Waals surface area (Å²) in [4.78, 5) is 10.5. The van der Waals surface area contributed by atoms with Crippen molar-refractivity contribution in [1.29, 1.82) is 0 Å². The van der Waals surface area contributed by atoms with Gasteiger partial charge in [0.1, 0.15) is 0 Å².